The van der Waals surface area contributed by atoms with Crippen LogP contribution in [0.25, 0.3) is 0 Å². The van der Waals surface area contributed by atoms with Crippen LogP contribution in [0.3, 0.4) is 0 Å². The van der Waals surface area contributed by atoms with Gasteiger partial charge in [0, 0.05) is 64.8 Å². The Morgan fingerprint density at radius 3 is 2.75 bits per heavy atom. The normalized spacial score (nSPS) is 25.1. The number of piperidine rings is 1. The Labute approximate surface area is 164 Å². The molecule has 0 N–H and O–H groups in total. The molecule has 28 heavy (non-hydrogen) atoms. The van der Waals surface area contributed by atoms with E-state index < -0.39 is 0 Å². The lowest BCUT2D eigenvalue weighted by Crippen LogP contribution is -2.41. The molecule has 2 saturated heterocycles. The second-order valence-electron chi connectivity index (χ2n) is 8.11. The van der Waals surface area contributed by atoms with Crippen LogP contribution >= 0.6 is 0 Å². The lowest BCUT2D eigenvalue weighted by molar-refractivity contribution is -0.136. The molecular formula is C20H27N5O3. The predicted molar refractivity (Wildman–Crippen MR) is 101 cm³/mol. The molecule has 0 aromatic carbocycles. The summed E-state index contributed by atoms with van der Waals surface area (Å²) < 4.78 is 0. The lowest BCUT2D eigenvalue weighted by Gasteiger charge is -2.35. The third-order valence-electron chi connectivity index (χ3n) is 6.16. The third kappa shape index (κ3) is 3.47. The van der Waals surface area contributed by atoms with Gasteiger partial charge in [0.05, 0.1) is 17.7 Å². The zero-order valence-electron chi connectivity index (χ0n) is 16.6. The Bertz CT molecular complexity index is 811. The molecule has 2 fully saturated rings. The van der Waals surface area contributed by atoms with Gasteiger partial charge in [-0.2, -0.15) is 0 Å². The summed E-state index contributed by atoms with van der Waals surface area (Å²) in [6.45, 7) is 3.96. The fourth-order valence-corrected chi connectivity index (χ4v) is 4.54. The van der Waals surface area contributed by atoms with Crippen molar-refractivity contribution in [1.82, 2.24) is 24.7 Å². The molecule has 0 spiro atoms. The van der Waals surface area contributed by atoms with Gasteiger partial charge in [0.25, 0.3) is 0 Å². The molecule has 1 aromatic heterocycles. The molecule has 2 atom stereocenters. The summed E-state index contributed by atoms with van der Waals surface area (Å²) in [5, 5.41) is 0. The smallest absolute Gasteiger partial charge is 0.228 e. The van der Waals surface area contributed by atoms with Gasteiger partial charge in [-0.1, -0.05) is 0 Å². The van der Waals surface area contributed by atoms with Crippen molar-refractivity contribution in [3.05, 3.63) is 23.3 Å². The van der Waals surface area contributed by atoms with Crippen molar-refractivity contribution >= 4 is 17.7 Å². The van der Waals surface area contributed by atoms with E-state index in [9.17, 15) is 14.4 Å². The van der Waals surface area contributed by atoms with Gasteiger partial charge in [0.2, 0.25) is 17.7 Å². The Kier molecular flexibility index (Phi) is 5.03. The molecule has 0 aliphatic carbocycles. The minimum absolute atomic E-state index is 0.0336. The average molecular weight is 385 g/mol. The highest BCUT2D eigenvalue weighted by atomic mass is 16.2. The highest BCUT2D eigenvalue weighted by molar-refractivity contribution is 5.89. The molecule has 0 bridgehead atoms. The molecule has 8 heteroatoms. The molecule has 3 aliphatic heterocycles. The maximum Gasteiger partial charge on any atom is 0.228 e. The molecular weight excluding hydrogens is 358 g/mol. The van der Waals surface area contributed by atoms with E-state index in [1.165, 1.54) is 0 Å². The van der Waals surface area contributed by atoms with Gasteiger partial charge in [0.1, 0.15) is 0 Å². The fourth-order valence-electron chi connectivity index (χ4n) is 4.54. The maximum absolute atomic E-state index is 12.8. The summed E-state index contributed by atoms with van der Waals surface area (Å²) in [4.78, 5) is 51.2. The van der Waals surface area contributed by atoms with Crippen molar-refractivity contribution in [2.45, 2.75) is 51.6 Å². The lowest BCUT2D eigenvalue weighted by atomic mass is 10.00. The fraction of sp³-hybridized carbons (Fsp3) is 0.650. The van der Waals surface area contributed by atoms with Crippen molar-refractivity contribution in [2.75, 3.05) is 26.7 Å². The second kappa shape index (κ2) is 7.48. The molecule has 0 radical (unpaired) electrons. The number of hydrogen-bond donors (Lipinski definition) is 0. The molecule has 0 unspecified atom stereocenters. The standard InChI is InChI=1S/C20H27N5O3/c1-13(26)25-7-4-3-5-17(25)19-21-10-15-12-24(8-6-16(15)22-19)20(28)14-9-18(27)23(2)11-14/h10,14,17H,3-9,11-12H2,1-2H3/t14-,17-/m1/s1. The SMILES string of the molecule is CC(=O)N1CCCC[C@@H]1c1ncc2c(n1)CCN(C(=O)[C@@H]1CC(=O)N(C)C1)C2. The van der Waals surface area contributed by atoms with E-state index in [1.54, 1.807) is 18.9 Å². The van der Waals surface area contributed by atoms with Crippen LogP contribution in [0.2, 0.25) is 0 Å². The number of amides is 3. The molecule has 3 aliphatic rings. The van der Waals surface area contributed by atoms with E-state index in [1.807, 2.05) is 16.0 Å². The van der Waals surface area contributed by atoms with E-state index in [0.29, 0.717) is 32.5 Å². The number of carbonyl (C=O) groups excluding carboxylic acids is 3. The number of carbonyl (C=O) groups is 3. The highest BCUT2D eigenvalue weighted by Crippen LogP contribution is 2.30. The molecule has 8 nitrogen and oxygen atoms in total. The number of nitrogens with zero attached hydrogens (tertiary/aromatic N) is 5. The second-order valence-corrected chi connectivity index (χ2v) is 8.11. The minimum atomic E-state index is -0.245. The molecule has 150 valence electrons. The first kappa shape index (κ1) is 18.8. The van der Waals surface area contributed by atoms with Crippen LogP contribution in [-0.2, 0) is 27.3 Å². The number of likely N-dealkylation sites (tertiary alicyclic amines) is 2. The van der Waals surface area contributed by atoms with Crippen LogP contribution in [0.4, 0.5) is 0 Å². The topological polar surface area (TPSA) is 86.7 Å². The van der Waals surface area contributed by atoms with Crippen LogP contribution < -0.4 is 0 Å². The number of aromatic nitrogens is 2. The van der Waals surface area contributed by atoms with Gasteiger partial charge in [-0.25, -0.2) is 9.97 Å². The summed E-state index contributed by atoms with van der Waals surface area (Å²) >= 11 is 0. The minimum Gasteiger partial charge on any atom is -0.345 e. The van der Waals surface area contributed by atoms with Gasteiger partial charge in [-0.3, -0.25) is 14.4 Å². The Hall–Kier alpha value is -2.51. The van der Waals surface area contributed by atoms with Crippen molar-refractivity contribution in [3.8, 4) is 0 Å². The van der Waals surface area contributed by atoms with Crippen molar-refractivity contribution in [1.29, 1.82) is 0 Å². The third-order valence-corrected chi connectivity index (χ3v) is 6.16. The van der Waals surface area contributed by atoms with E-state index in [4.69, 9.17) is 4.98 Å². The average Bonchev–Trinajstić information content (AvgIpc) is 3.05. The van der Waals surface area contributed by atoms with Crippen LogP contribution in [0.5, 0.6) is 0 Å². The van der Waals surface area contributed by atoms with Crippen molar-refractivity contribution in [2.24, 2.45) is 5.92 Å². The Balaban J connectivity index is 1.48. The number of fused-ring (bicyclic) bond motifs is 1. The first-order chi connectivity index (χ1) is 13.4. The van der Waals surface area contributed by atoms with E-state index in [0.717, 1.165) is 42.9 Å². The zero-order chi connectivity index (χ0) is 19.8. The first-order valence-corrected chi connectivity index (χ1v) is 10.1. The largest absolute Gasteiger partial charge is 0.345 e. The van der Waals surface area contributed by atoms with E-state index >= 15 is 0 Å². The number of rotatable bonds is 2. The molecule has 0 saturated carbocycles. The quantitative estimate of drug-likeness (QED) is 0.755. The summed E-state index contributed by atoms with van der Waals surface area (Å²) in [5.41, 5.74) is 1.94. The zero-order valence-corrected chi connectivity index (χ0v) is 16.6. The van der Waals surface area contributed by atoms with Crippen LogP contribution in [-0.4, -0.2) is 69.1 Å². The molecule has 1 aromatic rings. The summed E-state index contributed by atoms with van der Waals surface area (Å²) in [6, 6.07) is -0.0451. The maximum atomic E-state index is 12.8. The highest BCUT2D eigenvalue weighted by Gasteiger charge is 2.36. The van der Waals surface area contributed by atoms with Gasteiger partial charge < -0.3 is 14.7 Å². The van der Waals surface area contributed by atoms with Gasteiger partial charge in [-0.15, -0.1) is 0 Å². The first-order valence-electron chi connectivity index (χ1n) is 10.1. The summed E-state index contributed by atoms with van der Waals surface area (Å²) in [6.07, 6.45) is 5.79. The Morgan fingerprint density at radius 2 is 2.04 bits per heavy atom. The van der Waals surface area contributed by atoms with Crippen LogP contribution in [0, 0.1) is 5.92 Å². The monoisotopic (exact) mass is 385 g/mol. The summed E-state index contributed by atoms with van der Waals surface area (Å²) in [7, 11) is 1.74. The van der Waals surface area contributed by atoms with Gasteiger partial charge in [0.15, 0.2) is 5.82 Å². The van der Waals surface area contributed by atoms with E-state index in [-0.39, 0.29) is 29.7 Å². The van der Waals surface area contributed by atoms with E-state index in [2.05, 4.69) is 4.98 Å². The molecule has 4 rings (SSSR count). The van der Waals surface area contributed by atoms with Gasteiger partial charge in [-0.05, 0) is 19.3 Å². The van der Waals surface area contributed by atoms with Crippen LogP contribution in [0.1, 0.15) is 55.7 Å². The van der Waals surface area contributed by atoms with Gasteiger partial charge >= 0.3 is 0 Å². The van der Waals surface area contributed by atoms with Crippen molar-refractivity contribution < 1.29 is 14.4 Å². The number of hydrogen-bond acceptors (Lipinski definition) is 5. The molecule has 4 heterocycles. The Morgan fingerprint density at radius 1 is 1.21 bits per heavy atom. The molecule has 3 amide bonds. The van der Waals surface area contributed by atoms with Crippen molar-refractivity contribution in [3.63, 3.8) is 0 Å². The summed E-state index contributed by atoms with van der Waals surface area (Å²) in [5.74, 6) is 0.620. The van der Waals surface area contributed by atoms with Crippen LogP contribution in [0.15, 0.2) is 6.20 Å². The predicted octanol–water partition coefficient (Wildman–Crippen LogP) is 0.913.